The molecule has 1 heterocycles. The number of hydrogen-bond donors (Lipinski definition) is 2. The predicted molar refractivity (Wildman–Crippen MR) is 114 cm³/mol. The van der Waals surface area contributed by atoms with E-state index in [1.54, 1.807) is 0 Å². The maximum atomic E-state index is 12.5. The van der Waals surface area contributed by atoms with Crippen LogP contribution in [0.15, 0.2) is 71.5 Å². The van der Waals surface area contributed by atoms with Crippen LogP contribution in [0.2, 0.25) is 0 Å². The number of hydrogen-bond acceptors (Lipinski definition) is 4. The Balaban J connectivity index is 1.64. The van der Waals surface area contributed by atoms with Gasteiger partial charge >= 0.3 is 0 Å². The Morgan fingerprint density at radius 3 is 2.31 bits per heavy atom. The first-order chi connectivity index (χ1) is 13.9. The Kier molecular flexibility index (Phi) is 6.57. The van der Waals surface area contributed by atoms with Crippen LogP contribution in [0.4, 0.5) is 0 Å². The van der Waals surface area contributed by atoms with Crippen LogP contribution < -0.4 is 16.6 Å². The molecule has 0 fully saturated rings. The van der Waals surface area contributed by atoms with E-state index >= 15 is 0 Å². The molecule has 3 aromatic rings. The molecular formula is C23H26N4O2. The SMILES string of the molecule is CC(C)c1ccc(C(N)CNC(=O)c2ccc(=O)n(Cc3ccccc3)n2)cc1. The molecule has 0 radical (unpaired) electrons. The summed E-state index contributed by atoms with van der Waals surface area (Å²) in [7, 11) is 0. The third-order valence-corrected chi connectivity index (χ3v) is 4.79. The van der Waals surface area contributed by atoms with Crippen molar-refractivity contribution in [3.05, 3.63) is 99.5 Å². The monoisotopic (exact) mass is 390 g/mol. The van der Waals surface area contributed by atoms with Crippen LogP contribution in [0.25, 0.3) is 0 Å². The van der Waals surface area contributed by atoms with E-state index in [9.17, 15) is 9.59 Å². The second kappa shape index (κ2) is 9.30. The van der Waals surface area contributed by atoms with Crippen molar-refractivity contribution < 1.29 is 4.79 Å². The number of nitrogens with zero attached hydrogens (tertiary/aromatic N) is 2. The number of benzene rings is 2. The van der Waals surface area contributed by atoms with E-state index in [1.807, 2.05) is 42.5 Å². The molecule has 0 bridgehead atoms. The first kappa shape index (κ1) is 20.5. The zero-order valence-electron chi connectivity index (χ0n) is 16.7. The maximum absolute atomic E-state index is 12.5. The van der Waals surface area contributed by atoms with Crippen LogP contribution >= 0.6 is 0 Å². The van der Waals surface area contributed by atoms with E-state index in [4.69, 9.17) is 5.73 Å². The molecule has 2 aromatic carbocycles. The van der Waals surface area contributed by atoms with Crippen LogP contribution in [-0.2, 0) is 6.54 Å². The van der Waals surface area contributed by atoms with Gasteiger partial charge in [-0.2, -0.15) is 5.10 Å². The van der Waals surface area contributed by atoms with Crippen molar-refractivity contribution in [2.45, 2.75) is 32.4 Å². The molecule has 0 aliphatic heterocycles. The number of carbonyl (C=O) groups is 1. The van der Waals surface area contributed by atoms with Gasteiger partial charge in [-0.3, -0.25) is 9.59 Å². The van der Waals surface area contributed by atoms with Crippen molar-refractivity contribution in [2.75, 3.05) is 6.54 Å². The van der Waals surface area contributed by atoms with Gasteiger partial charge in [0, 0.05) is 18.7 Å². The molecule has 150 valence electrons. The van der Waals surface area contributed by atoms with E-state index < -0.39 is 0 Å². The van der Waals surface area contributed by atoms with Crippen molar-refractivity contribution in [3.8, 4) is 0 Å². The van der Waals surface area contributed by atoms with Crippen LogP contribution in [0.5, 0.6) is 0 Å². The number of aromatic nitrogens is 2. The summed E-state index contributed by atoms with van der Waals surface area (Å²) < 4.78 is 1.29. The average Bonchev–Trinajstić information content (AvgIpc) is 2.74. The van der Waals surface area contributed by atoms with Crippen molar-refractivity contribution in [2.24, 2.45) is 5.73 Å². The summed E-state index contributed by atoms with van der Waals surface area (Å²) in [5.74, 6) is 0.0960. The van der Waals surface area contributed by atoms with E-state index in [0.29, 0.717) is 12.5 Å². The molecule has 1 atom stereocenters. The molecule has 6 nitrogen and oxygen atoms in total. The Morgan fingerprint density at radius 1 is 1.00 bits per heavy atom. The van der Waals surface area contributed by atoms with Gasteiger partial charge in [-0.1, -0.05) is 68.4 Å². The number of nitrogens with one attached hydrogen (secondary N) is 1. The largest absolute Gasteiger partial charge is 0.349 e. The first-order valence-electron chi connectivity index (χ1n) is 9.70. The topological polar surface area (TPSA) is 90.0 Å². The highest BCUT2D eigenvalue weighted by Crippen LogP contribution is 2.17. The normalized spacial score (nSPS) is 12.0. The summed E-state index contributed by atoms with van der Waals surface area (Å²) in [6.07, 6.45) is 0. The van der Waals surface area contributed by atoms with Gasteiger partial charge in [0.2, 0.25) is 0 Å². The van der Waals surface area contributed by atoms with Crippen molar-refractivity contribution in [1.82, 2.24) is 15.1 Å². The summed E-state index contributed by atoms with van der Waals surface area (Å²) >= 11 is 0. The lowest BCUT2D eigenvalue weighted by atomic mass is 9.99. The molecule has 1 aromatic heterocycles. The van der Waals surface area contributed by atoms with E-state index in [2.05, 4.69) is 36.4 Å². The molecule has 1 amide bonds. The summed E-state index contributed by atoms with van der Waals surface area (Å²) in [5, 5.41) is 7.00. The van der Waals surface area contributed by atoms with Gasteiger partial charge in [-0.25, -0.2) is 4.68 Å². The molecule has 29 heavy (non-hydrogen) atoms. The fraction of sp³-hybridized carbons (Fsp3) is 0.261. The highest BCUT2D eigenvalue weighted by atomic mass is 16.2. The lowest BCUT2D eigenvalue weighted by Crippen LogP contribution is -2.34. The fourth-order valence-corrected chi connectivity index (χ4v) is 2.98. The minimum Gasteiger partial charge on any atom is -0.349 e. The molecule has 0 aliphatic rings. The van der Waals surface area contributed by atoms with Gasteiger partial charge in [0.15, 0.2) is 0 Å². The Morgan fingerprint density at radius 2 is 1.66 bits per heavy atom. The smallest absolute Gasteiger partial charge is 0.271 e. The molecule has 0 aliphatic carbocycles. The number of rotatable bonds is 7. The zero-order valence-corrected chi connectivity index (χ0v) is 16.7. The van der Waals surface area contributed by atoms with E-state index in [1.165, 1.54) is 22.4 Å². The second-order valence-electron chi connectivity index (χ2n) is 7.34. The van der Waals surface area contributed by atoms with Gasteiger partial charge in [-0.15, -0.1) is 0 Å². The third-order valence-electron chi connectivity index (χ3n) is 4.79. The number of nitrogens with two attached hydrogens (primary N) is 1. The van der Waals surface area contributed by atoms with Crippen LogP contribution in [-0.4, -0.2) is 22.2 Å². The molecule has 0 saturated heterocycles. The average molecular weight is 390 g/mol. The second-order valence-corrected chi connectivity index (χ2v) is 7.34. The number of amides is 1. The molecule has 1 unspecified atom stereocenters. The number of carbonyl (C=O) groups excluding carboxylic acids is 1. The summed E-state index contributed by atoms with van der Waals surface area (Å²) in [5.41, 5.74) is 9.28. The van der Waals surface area contributed by atoms with E-state index in [-0.39, 0.29) is 29.7 Å². The first-order valence-corrected chi connectivity index (χ1v) is 9.70. The van der Waals surface area contributed by atoms with Crippen molar-refractivity contribution in [3.63, 3.8) is 0 Å². The van der Waals surface area contributed by atoms with Crippen LogP contribution in [0.3, 0.4) is 0 Å². The summed E-state index contributed by atoms with van der Waals surface area (Å²) in [4.78, 5) is 24.6. The zero-order chi connectivity index (χ0) is 20.8. The molecule has 3 N–H and O–H groups in total. The lowest BCUT2D eigenvalue weighted by Gasteiger charge is -2.15. The Labute approximate surface area is 170 Å². The van der Waals surface area contributed by atoms with Gasteiger partial charge in [0.25, 0.3) is 11.5 Å². The van der Waals surface area contributed by atoms with Gasteiger partial charge in [0.1, 0.15) is 5.69 Å². The quantitative estimate of drug-likeness (QED) is 0.649. The minimum atomic E-state index is -0.360. The van der Waals surface area contributed by atoms with Gasteiger partial charge in [-0.05, 0) is 28.7 Å². The summed E-state index contributed by atoms with van der Waals surface area (Å²) in [6.45, 7) is 4.86. The molecule has 3 rings (SSSR count). The summed E-state index contributed by atoms with van der Waals surface area (Å²) in [6, 6.07) is 20.1. The molecule has 0 spiro atoms. The van der Waals surface area contributed by atoms with Gasteiger partial charge < -0.3 is 11.1 Å². The minimum absolute atomic E-state index is 0.183. The van der Waals surface area contributed by atoms with E-state index in [0.717, 1.165) is 11.1 Å². The highest BCUT2D eigenvalue weighted by molar-refractivity contribution is 5.92. The Bertz CT molecular complexity index is 1010. The third kappa shape index (κ3) is 5.39. The standard InChI is InChI=1S/C23H26N4O2/c1-16(2)18-8-10-19(11-9-18)20(24)14-25-23(29)21-12-13-22(28)27(26-21)15-17-6-4-3-5-7-17/h3-13,16,20H,14-15,24H2,1-2H3,(H,25,29). The molecular weight excluding hydrogens is 364 g/mol. The molecule has 0 saturated carbocycles. The van der Waals surface area contributed by atoms with Crippen molar-refractivity contribution >= 4 is 5.91 Å². The molecule has 6 heteroatoms. The van der Waals surface area contributed by atoms with Crippen LogP contribution in [0.1, 0.15) is 53.0 Å². The van der Waals surface area contributed by atoms with Crippen LogP contribution in [0, 0.1) is 0 Å². The van der Waals surface area contributed by atoms with Crippen molar-refractivity contribution in [1.29, 1.82) is 0 Å². The fourth-order valence-electron chi connectivity index (χ4n) is 2.98. The highest BCUT2D eigenvalue weighted by Gasteiger charge is 2.13. The lowest BCUT2D eigenvalue weighted by molar-refractivity contribution is 0.0943. The predicted octanol–water partition coefficient (Wildman–Crippen LogP) is 2.84. The Hall–Kier alpha value is -3.25. The maximum Gasteiger partial charge on any atom is 0.271 e. The van der Waals surface area contributed by atoms with Gasteiger partial charge in [0.05, 0.1) is 6.54 Å².